The van der Waals surface area contributed by atoms with Crippen LogP contribution in [0.15, 0.2) is 78.9 Å². The zero-order chi connectivity index (χ0) is 25.2. The van der Waals surface area contributed by atoms with Gasteiger partial charge in [-0.2, -0.15) is 0 Å². The summed E-state index contributed by atoms with van der Waals surface area (Å²) in [5, 5.41) is 3.03. The molecule has 0 aromatic heterocycles. The number of amides is 2. The maximum absolute atomic E-state index is 13.5. The summed E-state index contributed by atoms with van der Waals surface area (Å²) in [6, 6.07) is 22.2. The molecule has 0 bridgehead atoms. The van der Waals surface area contributed by atoms with Gasteiger partial charge in [-0.3, -0.25) is 9.59 Å². The van der Waals surface area contributed by atoms with Crippen molar-refractivity contribution in [2.75, 3.05) is 6.61 Å². The number of hydrogen-bond donors (Lipinski definition) is 1. The summed E-state index contributed by atoms with van der Waals surface area (Å²) < 4.78 is 19.3. The highest BCUT2D eigenvalue weighted by Crippen LogP contribution is 2.17. The van der Waals surface area contributed by atoms with Crippen LogP contribution in [0.25, 0.3) is 0 Å². The Labute approximate surface area is 206 Å². The molecule has 0 fully saturated rings. The number of nitrogens with one attached hydrogen (secondary N) is 1. The second kappa shape index (κ2) is 12.7. The van der Waals surface area contributed by atoms with Crippen LogP contribution in [0.5, 0.6) is 5.75 Å². The summed E-state index contributed by atoms with van der Waals surface area (Å²) in [5.41, 5.74) is 2.75. The van der Waals surface area contributed by atoms with Crippen molar-refractivity contribution in [3.8, 4) is 5.75 Å². The second-order valence-electron chi connectivity index (χ2n) is 8.77. The molecule has 0 saturated carbocycles. The maximum Gasteiger partial charge on any atom is 0.261 e. The Morgan fingerprint density at radius 1 is 0.943 bits per heavy atom. The first-order valence-corrected chi connectivity index (χ1v) is 11.9. The lowest BCUT2D eigenvalue weighted by atomic mass is 10.0. The lowest BCUT2D eigenvalue weighted by Gasteiger charge is -2.32. The van der Waals surface area contributed by atoms with Gasteiger partial charge in [0.1, 0.15) is 17.6 Å². The summed E-state index contributed by atoms with van der Waals surface area (Å²) in [6.45, 7) is 5.84. The molecule has 2 atom stereocenters. The lowest BCUT2D eigenvalue weighted by Crippen LogP contribution is -2.53. The van der Waals surface area contributed by atoms with Crippen LogP contribution in [0.3, 0.4) is 0 Å². The fourth-order valence-electron chi connectivity index (χ4n) is 3.64. The van der Waals surface area contributed by atoms with Crippen LogP contribution in [0.2, 0.25) is 0 Å². The fourth-order valence-corrected chi connectivity index (χ4v) is 3.64. The monoisotopic (exact) mass is 476 g/mol. The third-order valence-corrected chi connectivity index (χ3v) is 5.92. The summed E-state index contributed by atoms with van der Waals surface area (Å²) in [5.74, 6) is -0.330. The van der Waals surface area contributed by atoms with Gasteiger partial charge in [0.15, 0.2) is 6.61 Å². The smallest absolute Gasteiger partial charge is 0.261 e. The van der Waals surface area contributed by atoms with E-state index in [1.807, 2.05) is 75.4 Å². The standard InChI is InChI=1S/C29H33FN2O3/c1-4-22(3)31-29(34)27(18-23-8-6-5-7-9-23)32(19-24-12-14-25(30)15-13-24)28(33)20-35-26-16-10-21(2)11-17-26/h5-17,22,27H,4,18-20H2,1-3H3,(H,31,34)/t22-,27-/m1/s1. The zero-order valence-electron chi connectivity index (χ0n) is 20.5. The van der Waals surface area contributed by atoms with E-state index < -0.39 is 6.04 Å². The van der Waals surface area contributed by atoms with Crippen LogP contribution in [-0.4, -0.2) is 35.4 Å². The zero-order valence-corrected chi connectivity index (χ0v) is 20.5. The van der Waals surface area contributed by atoms with Crippen molar-refractivity contribution in [1.29, 1.82) is 0 Å². The number of carbonyl (C=O) groups is 2. The minimum absolute atomic E-state index is 0.0349. The molecule has 3 aromatic rings. The predicted octanol–water partition coefficient (Wildman–Crippen LogP) is 5.07. The Morgan fingerprint density at radius 3 is 2.23 bits per heavy atom. The van der Waals surface area contributed by atoms with E-state index in [1.165, 1.54) is 17.0 Å². The molecule has 0 radical (unpaired) electrons. The van der Waals surface area contributed by atoms with Gasteiger partial charge in [0.05, 0.1) is 0 Å². The van der Waals surface area contributed by atoms with Crippen molar-refractivity contribution in [2.45, 2.75) is 52.2 Å². The first kappa shape index (κ1) is 25.9. The van der Waals surface area contributed by atoms with Crippen molar-refractivity contribution >= 4 is 11.8 Å². The highest BCUT2D eigenvalue weighted by molar-refractivity contribution is 5.88. The topological polar surface area (TPSA) is 58.6 Å². The summed E-state index contributed by atoms with van der Waals surface area (Å²) in [7, 11) is 0. The average Bonchev–Trinajstić information content (AvgIpc) is 2.87. The summed E-state index contributed by atoms with van der Waals surface area (Å²) in [4.78, 5) is 28.4. The molecule has 5 nitrogen and oxygen atoms in total. The van der Waals surface area contributed by atoms with E-state index >= 15 is 0 Å². The van der Waals surface area contributed by atoms with E-state index in [9.17, 15) is 14.0 Å². The number of benzene rings is 3. The van der Waals surface area contributed by atoms with Gasteiger partial charge < -0.3 is 15.0 Å². The van der Waals surface area contributed by atoms with Crippen molar-refractivity contribution in [1.82, 2.24) is 10.2 Å². The quantitative estimate of drug-likeness (QED) is 0.421. The molecule has 0 heterocycles. The van der Waals surface area contributed by atoms with Crippen LogP contribution < -0.4 is 10.1 Å². The number of nitrogens with zero attached hydrogens (tertiary/aromatic N) is 1. The maximum atomic E-state index is 13.5. The van der Waals surface area contributed by atoms with Crippen LogP contribution >= 0.6 is 0 Å². The molecular formula is C29H33FN2O3. The molecule has 35 heavy (non-hydrogen) atoms. The third kappa shape index (κ3) is 7.95. The molecule has 0 aliphatic carbocycles. The van der Waals surface area contributed by atoms with Gasteiger partial charge in [0.2, 0.25) is 5.91 Å². The third-order valence-electron chi connectivity index (χ3n) is 5.92. The molecule has 184 valence electrons. The van der Waals surface area contributed by atoms with Gasteiger partial charge in [-0.25, -0.2) is 4.39 Å². The van der Waals surface area contributed by atoms with Gasteiger partial charge in [0, 0.05) is 19.0 Å². The van der Waals surface area contributed by atoms with Gasteiger partial charge in [-0.15, -0.1) is 0 Å². The van der Waals surface area contributed by atoms with Gasteiger partial charge in [-0.1, -0.05) is 67.1 Å². The van der Waals surface area contributed by atoms with Crippen LogP contribution in [-0.2, 0) is 22.6 Å². The number of rotatable bonds is 11. The first-order valence-electron chi connectivity index (χ1n) is 11.9. The Bertz CT molecular complexity index is 1090. The Hall–Kier alpha value is -3.67. The number of halogens is 1. The molecule has 1 N–H and O–H groups in total. The van der Waals surface area contributed by atoms with Gasteiger partial charge >= 0.3 is 0 Å². The van der Waals surface area contributed by atoms with Crippen molar-refractivity contribution in [3.05, 3.63) is 101 Å². The largest absolute Gasteiger partial charge is 0.484 e. The van der Waals surface area contributed by atoms with Crippen LogP contribution in [0.1, 0.15) is 37.0 Å². The fraction of sp³-hybridized carbons (Fsp3) is 0.310. The van der Waals surface area contributed by atoms with Gasteiger partial charge in [-0.05, 0) is 55.7 Å². The van der Waals surface area contributed by atoms with E-state index in [-0.39, 0.29) is 36.8 Å². The molecule has 2 amide bonds. The van der Waals surface area contributed by atoms with E-state index in [2.05, 4.69) is 5.32 Å². The summed E-state index contributed by atoms with van der Waals surface area (Å²) in [6.07, 6.45) is 1.12. The number of hydrogen-bond acceptors (Lipinski definition) is 3. The van der Waals surface area contributed by atoms with Crippen molar-refractivity contribution in [2.24, 2.45) is 0 Å². The highest BCUT2D eigenvalue weighted by atomic mass is 19.1. The SMILES string of the molecule is CC[C@@H](C)NC(=O)[C@@H](Cc1ccccc1)N(Cc1ccc(F)cc1)C(=O)COc1ccc(C)cc1. The Kier molecular flexibility index (Phi) is 9.41. The van der Waals surface area contributed by atoms with E-state index in [0.717, 1.165) is 23.1 Å². The van der Waals surface area contributed by atoms with Crippen LogP contribution in [0.4, 0.5) is 4.39 Å². The molecule has 3 rings (SSSR count). The van der Waals surface area contributed by atoms with E-state index in [0.29, 0.717) is 12.2 Å². The molecule has 3 aromatic carbocycles. The molecule has 0 aliphatic rings. The number of carbonyl (C=O) groups excluding carboxylic acids is 2. The Morgan fingerprint density at radius 2 is 1.60 bits per heavy atom. The molecule has 0 saturated heterocycles. The van der Waals surface area contributed by atoms with Crippen molar-refractivity contribution in [3.63, 3.8) is 0 Å². The minimum Gasteiger partial charge on any atom is -0.484 e. The van der Waals surface area contributed by atoms with E-state index in [4.69, 9.17) is 4.74 Å². The predicted molar refractivity (Wildman–Crippen MR) is 135 cm³/mol. The summed E-state index contributed by atoms with van der Waals surface area (Å²) >= 11 is 0. The molecule has 0 aliphatic heterocycles. The lowest BCUT2D eigenvalue weighted by molar-refractivity contribution is -0.143. The van der Waals surface area contributed by atoms with Crippen LogP contribution in [0, 0.1) is 12.7 Å². The molecule has 0 unspecified atom stereocenters. The molecule has 0 spiro atoms. The first-order chi connectivity index (χ1) is 16.9. The van der Waals surface area contributed by atoms with Gasteiger partial charge in [0.25, 0.3) is 5.91 Å². The highest BCUT2D eigenvalue weighted by Gasteiger charge is 2.31. The van der Waals surface area contributed by atoms with E-state index in [1.54, 1.807) is 12.1 Å². The van der Waals surface area contributed by atoms with Crippen molar-refractivity contribution < 1.29 is 18.7 Å². The molecule has 6 heteroatoms. The minimum atomic E-state index is -0.759. The average molecular weight is 477 g/mol. The number of ether oxygens (including phenoxy) is 1. The second-order valence-corrected chi connectivity index (χ2v) is 8.77. The molecular weight excluding hydrogens is 443 g/mol. The normalized spacial score (nSPS) is 12.5. The Balaban J connectivity index is 1.89. The number of aryl methyl sites for hydroxylation is 1.